The lowest BCUT2D eigenvalue weighted by Gasteiger charge is -2.40. The fourth-order valence-corrected chi connectivity index (χ4v) is 2.59. The molecule has 0 aromatic heterocycles. The molecule has 0 aliphatic heterocycles. The van der Waals surface area contributed by atoms with Crippen LogP contribution in [0.15, 0.2) is 0 Å². The molecule has 2 aliphatic rings. The molecule has 87 valence electrons. The minimum Gasteiger partial charge on any atom is -0.247 e. The van der Waals surface area contributed by atoms with Gasteiger partial charge in [0, 0.05) is 5.41 Å². The van der Waals surface area contributed by atoms with E-state index in [1.54, 1.807) is 0 Å². The summed E-state index contributed by atoms with van der Waals surface area (Å²) in [6, 6.07) is 0. The van der Waals surface area contributed by atoms with Gasteiger partial charge >= 0.3 is 6.18 Å². The Morgan fingerprint density at radius 3 is 2.27 bits per heavy atom. The van der Waals surface area contributed by atoms with Crippen LogP contribution in [0.4, 0.5) is 17.6 Å². The molecule has 2 rings (SSSR count). The summed E-state index contributed by atoms with van der Waals surface area (Å²) in [5.74, 6) is -0.240. The van der Waals surface area contributed by atoms with Crippen LogP contribution in [0.25, 0.3) is 0 Å². The second-order valence-corrected chi connectivity index (χ2v) is 5.05. The first-order chi connectivity index (χ1) is 6.84. The van der Waals surface area contributed by atoms with Crippen molar-refractivity contribution in [3.05, 3.63) is 5.92 Å². The van der Waals surface area contributed by atoms with Crippen molar-refractivity contribution >= 4 is 0 Å². The molecular formula is C11H15F4. The van der Waals surface area contributed by atoms with Gasteiger partial charge in [-0.15, -0.1) is 0 Å². The van der Waals surface area contributed by atoms with Crippen LogP contribution in [0.3, 0.4) is 0 Å². The molecule has 0 saturated heterocycles. The van der Waals surface area contributed by atoms with Crippen molar-refractivity contribution in [3.8, 4) is 0 Å². The predicted octanol–water partition coefficient (Wildman–Crippen LogP) is 4.06. The monoisotopic (exact) mass is 223 g/mol. The summed E-state index contributed by atoms with van der Waals surface area (Å²) in [7, 11) is 0. The standard InChI is InChI=1S/C11H15F4/c1-10(7-2-3-7)5-4-8(6-9(10)12)11(13,14)15/h7,9H,2-6H2,1H3. The summed E-state index contributed by atoms with van der Waals surface area (Å²) in [5.41, 5.74) is -0.491. The summed E-state index contributed by atoms with van der Waals surface area (Å²) in [6.07, 6.45) is -3.66. The lowest BCUT2D eigenvalue weighted by Crippen LogP contribution is -2.40. The Labute approximate surface area is 87.0 Å². The molecule has 2 saturated carbocycles. The van der Waals surface area contributed by atoms with Crippen LogP contribution in [0.5, 0.6) is 0 Å². The maximum absolute atomic E-state index is 13.8. The molecule has 0 heterocycles. The summed E-state index contributed by atoms with van der Waals surface area (Å²) in [5, 5.41) is 0. The summed E-state index contributed by atoms with van der Waals surface area (Å²) < 4.78 is 50.9. The maximum Gasteiger partial charge on any atom is 0.395 e. The highest BCUT2D eigenvalue weighted by Crippen LogP contribution is 2.57. The van der Waals surface area contributed by atoms with Gasteiger partial charge in [-0.25, -0.2) is 4.39 Å². The van der Waals surface area contributed by atoms with Crippen molar-refractivity contribution < 1.29 is 17.6 Å². The predicted molar refractivity (Wildman–Crippen MR) is 48.9 cm³/mol. The van der Waals surface area contributed by atoms with E-state index in [0.717, 1.165) is 12.8 Å². The van der Waals surface area contributed by atoms with Crippen LogP contribution in [0.2, 0.25) is 0 Å². The fraction of sp³-hybridized carbons (Fsp3) is 0.909. The average molecular weight is 223 g/mol. The summed E-state index contributed by atoms with van der Waals surface area (Å²) in [4.78, 5) is 0. The van der Waals surface area contributed by atoms with Gasteiger partial charge in [-0.3, -0.25) is 0 Å². The first-order valence-electron chi connectivity index (χ1n) is 5.40. The van der Waals surface area contributed by atoms with Crippen LogP contribution in [-0.4, -0.2) is 12.3 Å². The Morgan fingerprint density at radius 1 is 1.27 bits per heavy atom. The van der Waals surface area contributed by atoms with Gasteiger partial charge in [0.1, 0.15) is 6.17 Å². The summed E-state index contributed by atoms with van der Waals surface area (Å²) >= 11 is 0. The molecule has 2 fully saturated rings. The van der Waals surface area contributed by atoms with E-state index >= 15 is 0 Å². The van der Waals surface area contributed by atoms with E-state index in [0.29, 0.717) is 12.3 Å². The molecular weight excluding hydrogens is 208 g/mol. The molecule has 2 unspecified atom stereocenters. The largest absolute Gasteiger partial charge is 0.395 e. The highest BCUT2D eigenvalue weighted by Gasteiger charge is 2.54. The van der Waals surface area contributed by atoms with E-state index in [9.17, 15) is 17.6 Å². The molecule has 0 bridgehead atoms. The first-order valence-corrected chi connectivity index (χ1v) is 5.40. The highest BCUT2D eigenvalue weighted by atomic mass is 19.4. The van der Waals surface area contributed by atoms with Gasteiger partial charge in [0.25, 0.3) is 0 Å². The van der Waals surface area contributed by atoms with Crippen molar-refractivity contribution in [1.82, 2.24) is 0 Å². The first kappa shape index (κ1) is 11.2. The fourth-order valence-electron chi connectivity index (χ4n) is 2.59. The second kappa shape index (κ2) is 3.36. The normalized spacial score (nSPS) is 39.4. The Kier molecular flexibility index (Phi) is 2.51. The van der Waals surface area contributed by atoms with Crippen molar-refractivity contribution in [2.45, 2.75) is 51.4 Å². The van der Waals surface area contributed by atoms with Gasteiger partial charge in [-0.1, -0.05) is 6.92 Å². The molecule has 1 radical (unpaired) electrons. The van der Waals surface area contributed by atoms with E-state index in [2.05, 4.69) is 0 Å². The Bertz CT molecular complexity index is 243. The zero-order chi connectivity index (χ0) is 11.3. The smallest absolute Gasteiger partial charge is 0.247 e. The van der Waals surface area contributed by atoms with Gasteiger partial charge in [0.15, 0.2) is 0 Å². The number of rotatable bonds is 1. The number of halogens is 4. The Hall–Kier alpha value is -0.280. The Balaban J connectivity index is 2.02. The third kappa shape index (κ3) is 2.00. The van der Waals surface area contributed by atoms with Gasteiger partial charge in [-0.05, 0) is 38.0 Å². The molecule has 0 N–H and O–H groups in total. The average Bonchev–Trinajstić information content (AvgIpc) is 2.90. The van der Waals surface area contributed by atoms with E-state index in [-0.39, 0.29) is 6.42 Å². The molecule has 0 aromatic rings. The molecule has 4 heteroatoms. The topological polar surface area (TPSA) is 0 Å². The van der Waals surface area contributed by atoms with Gasteiger partial charge in [-0.2, -0.15) is 13.2 Å². The van der Waals surface area contributed by atoms with E-state index in [4.69, 9.17) is 0 Å². The minimum absolute atomic E-state index is 0.0247. The van der Waals surface area contributed by atoms with Crippen molar-refractivity contribution in [1.29, 1.82) is 0 Å². The SMILES string of the molecule is CC1(C2CC2)CC[C](C(F)(F)F)CC1F. The molecule has 2 atom stereocenters. The van der Waals surface area contributed by atoms with Gasteiger partial charge in [0.05, 0.1) is 5.92 Å². The van der Waals surface area contributed by atoms with Crippen molar-refractivity contribution in [2.75, 3.05) is 0 Å². The van der Waals surface area contributed by atoms with Crippen LogP contribution in [0.1, 0.15) is 39.0 Å². The quantitative estimate of drug-likeness (QED) is 0.588. The third-order valence-electron chi connectivity index (χ3n) is 4.02. The van der Waals surface area contributed by atoms with Crippen LogP contribution >= 0.6 is 0 Å². The number of alkyl halides is 4. The van der Waals surface area contributed by atoms with Crippen molar-refractivity contribution in [3.63, 3.8) is 0 Å². The Morgan fingerprint density at radius 2 is 1.87 bits per heavy atom. The van der Waals surface area contributed by atoms with Crippen LogP contribution in [0, 0.1) is 17.3 Å². The number of hydrogen-bond donors (Lipinski definition) is 0. The third-order valence-corrected chi connectivity index (χ3v) is 4.02. The van der Waals surface area contributed by atoms with E-state index < -0.39 is 30.1 Å². The molecule has 2 aliphatic carbocycles. The van der Waals surface area contributed by atoms with E-state index in [1.165, 1.54) is 0 Å². The summed E-state index contributed by atoms with van der Waals surface area (Å²) in [6.45, 7) is 1.81. The molecule has 0 nitrogen and oxygen atoms in total. The minimum atomic E-state index is -4.30. The van der Waals surface area contributed by atoms with Crippen LogP contribution in [-0.2, 0) is 0 Å². The number of hydrogen-bond acceptors (Lipinski definition) is 0. The zero-order valence-corrected chi connectivity index (χ0v) is 8.70. The van der Waals surface area contributed by atoms with E-state index in [1.807, 2.05) is 6.92 Å². The van der Waals surface area contributed by atoms with Gasteiger partial charge in [0.2, 0.25) is 0 Å². The molecule has 0 amide bonds. The van der Waals surface area contributed by atoms with Gasteiger partial charge < -0.3 is 0 Å². The lowest BCUT2D eigenvalue weighted by molar-refractivity contribution is -0.132. The lowest BCUT2D eigenvalue weighted by atomic mass is 9.67. The second-order valence-electron chi connectivity index (χ2n) is 5.05. The molecule has 0 spiro atoms. The highest BCUT2D eigenvalue weighted by molar-refractivity contribution is 5.10. The van der Waals surface area contributed by atoms with Crippen LogP contribution < -0.4 is 0 Å². The maximum atomic E-state index is 13.8. The molecule has 0 aromatic carbocycles. The zero-order valence-electron chi connectivity index (χ0n) is 8.70. The van der Waals surface area contributed by atoms with Crippen molar-refractivity contribution in [2.24, 2.45) is 11.3 Å². The molecule has 15 heavy (non-hydrogen) atoms.